The molecule has 0 aliphatic heterocycles. The van der Waals surface area contributed by atoms with Crippen LogP contribution in [-0.2, 0) is 6.61 Å². The van der Waals surface area contributed by atoms with Crippen molar-refractivity contribution in [3.63, 3.8) is 0 Å². The summed E-state index contributed by atoms with van der Waals surface area (Å²) in [6.07, 6.45) is 10.5. The van der Waals surface area contributed by atoms with E-state index in [1.165, 1.54) is 56.9 Å². The van der Waals surface area contributed by atoms with Crippen LogP contribution < -0.4 is 4.74 Å². The summed E-state index contributed by atoms with van der Waals surface area (Å²) in [6, 6.07) is 9.43. The van der Waals surface area contributed by atoms with Crippen LogP contribution in [0.15, 0.2) is 36.4 Å². The lowest BCUT2D eigenvalue weighted by molar-refractivity contribution is 0.286. The summed E-state index contributed by atoms with van der Waals surface area (Å²) in [4.78, 5) is 0. The third kappa shape index (κ3) is 5.52. The number of hydrogen-bond acceptors (Lipinski definition) is 1. The summed E-state index contributed by atoms with van der Waals surface area (Å²) >= 11 is 0. The molecule has 0 saturated heterocycles. The molecule has 1 fully saturated rings. The first-order valence-electron chi connectivity index (χ1n) is 10.4. The summed E-state index contributed by atoms with van der Waals surface area (Å²) in [5.41, 5.74) is 2.22. The molecular formula is C24H29F3O. The van der Waals surface area contributed by atoms with Crippen molar-refractivity contribution in [1.82, 2.24) is 0 Å². The summed E-state index contributed by atoms with van der Waals surface area (Å²) < 4.78 is 45.2. The second kappa shape index (κ2) is 9.99. The third-order valence-corrected chi connectivity index (χ3v) is 5.88. The molecular weight excluding hydrogens is 361 g/mol. The smallest absolute Gasteiger partial charge is 0.168 e. The van der Waals surface area contributed by atoms with E-state index < -0.39 is 17.5 Å². The first kappa shape index (κ1) is 20.8. The van der Waals surface area contributed by atoms with Crippen LogP contribution in [0.2, 0.25) is 0 Å². The van der Waals surface area contributed by atoms with E-state index >= 15 is 0 Å². The van der Waals surface area contributed by atoms with Crippen LogP contribution in [0.3, 0.4) is 0 Å². The van der Waals surface area contributed by atoms with E-state index in [0.717, 1.165) is 17.5 Å². The minimum absolute atomic E-state index is 0.118. The molecule has 4 heteroatoms. The Balaban J connectivity index is 1.50. The van der Waals surface area contributed by atoms with Crippen molar-refractivity contribution in [2.45, 2.75) is 70.8 Å². The quantitative estimate of drug-likeness (QED) is 0.334. The van der Waals surface area contributed by atoms with Crippen molar-refractivity contribution in [2.75, 3.05) is 0 Å². The van der Waals surface area contributed by atoms with Gasteiger partial charge in [-0.05, 0) is 48.6 Å². The fraction of sp³-hybridized carbons (Fsp3) is 0.500. The molecule has 1 saturated carbocycles. The van der Waals surface area contributed by atoms with Gasteiger partial charge in [-0.2, -0.15) is 0 Å². The zero-order chi connectivity index (χ0) is 19.9. The second-order valence-corrected chi connectivity index (χ2v) is 7.94. The fourth-order valence-corrected chi connectivity index (χ4v) is 4.13. The first-order chi connectivity index (χ1) is 13.6. The molecule has 152 valence electrons. The van der Waals surface area contributed by atoms with E-state index in [0.29, 0.717) is 12.0 Å². The Morgan fingerprint density at radius 3 is 2.21 bits per heavy atom. The van der Waals surface area contributed by atoms with Crippen LogP contribution >= 0.6 is 0 Å². The number of benzene rings is 2. The predicted octanol–water partition coefficient (Wildman–Crippen LogP) is 7.54. The second-order valence-electron chi connectivity index (χ2n) is 7.94. The van der Waals surface area contributed by atoms with Gasteiger partial charge in [-0.1, -0.05) is 56.9 Å². The minimum Gasteiger partial charge on any atom is -0.486 e. The Morgan fingerprint density at radius 2 is 1.54 bits per heavy atom. The van der Waals surface area contributed by atoms with Gasteiger partial charge in [0, 0.05) is 12.1 Å². The summed E-state index contributed by atoms with van der Waals surface area (Å²) in [5.74, 6) is -2.00. The van der Waals surface area contributed by atoms with E-state index in [1.807, 2.05) is 12.1 Å². The Kier molecular flexibility index (Phi) is 7.41. The lowest BCUT2D eigenvalue weighted by Crippen LogP contribution is -2.13. The van der Waals surface area contributed by atoms with Crippen LogP contribution in [0.4, 0.5) is 13.2 Å². The largest absolute Gasteiger partial charge is 0.486 e. The zero-order valence-electron chi connectivity index (χ0n) is 16.5. The standard InChI is InChI=1S/C24H29F3O/c1-2-3-4-5-17-6-10-19(11-7-17)20-12-8-18(9-13-20)16-28-24-15-22(26)21(25)14-23(24)27/h8-9,12-15,17,19H,2-7,10-11,16H2,1H3. The van der Waals surface area contributed by atoms with Crippen molar-refractivity contribution in [1.29, 1.82) is 0 Å². The van der Waals surface area contributed by atoms with Gasteiger partial charge in [-0.15, -0.1) is 0 Å². The molecule has 1 aliphatic carbocycles. The Bertz CT molecular complexity index is 749. The molecule has 2 aromatic rings. The van der Waals surface area contributed by atoms with Gasteiger partial charge in [0.2, 0.25) is 0 Å². The summed E-state index contributed by atoms with van der Waals surface area (Å²) in [7, 11) is 0. The van der Waals surface area contributed by atoms with Gasteiger partial charge in [0.15, 0.2) is 23.2 Å². The molecule has 0 amide bonds. The molecule has 1 nitrogen and oxygen atoms in total. The van der Waals surface area contributed by atoms with E-state index in [9.17, 15) is 13.2 Å². The van der Waals surface area contributed by atoms with Crippen molar-refractivity contribution in [2.24, 2.45) is 5.92 Å². The molecule has 0 atom stereocenters. The molecule has 0 N–H and O–H groups in total. The molecule has 2 aromatic carbocycles. The molecule has 28 heavy (non-hydrogen) atoms. The maximum atomic E-state index is 13.6. The average molecular weight is 390 g/mol. The molecule has 0 aromatic heterocycles. The van der Waals surface area contributed by atoms with Crippen molar-refractivity contribution >= 4 is 0 Å². The van der Waals surface area contributed by atoms with Gasteiger partial charge < -0.3 is 4.74 Å². The lowest BCUT2D eigenvalue weighted by Gasteiger charge is -2.29. The maximum Gasteiger partial charge on any atom is 0.168 e. The van der Waals surface area contributed by atoms with Gasteiger partial charge in [-0.25, -0.2) is 13.2 Å². The van der Waals surface area contributed by atoms with Crippen molar-refractivity contribution in [3.8, 4) is 5.75 Å². The molecule has 1 aliphatic rings. The molecule has 0 spiro atoms. The summed E-state index contributed by atoms with van der Waals surface area (Å²) in [5, 5.41) is 0. The molecule has 0 heterocycles. The van der Waals surface area contributed by atoms with Crippen molar-refractivity contribution in [3.05, 3.63) is 65.0 Å². The molecule has 3 rings (SSSR count). The zero-order valence-corrected chi connectivity index (χ0v) is 16.5. The maximum absolute atomic E-state index is 13.6. The van der Waals surface area contributed by atoms with Gasteiger partial charge in [0.05, 0.1) is 0 Å². The number of ether oxygens (including phenoxy) is 1. The van der Waals surface area contributed by atoms with E-state index in [4.69, 9.17) is 4.74 Å². The number of halogens is 3. The third-order valence-electron chi connectivity index (χ3n) is 5.88. The predicted molar refractivity (Wildman–Crippen MR) is 106 cm³/mol. The van der Waals surface area contributed by atoms with Crippen LogP contribution in [-0.4, -0.2) is 0 Å². The average Bonchev–Trinajstić information content (AvgIpc) is 2.71. The van der Waals surface area contributed by atoms with Crippen molar-refractivity contribution < 1.29 is 17.9 Å². The molecule has 0 unspecified atom stereocenters. The number of rotatable bonds is 8. The fourth-order valence-electron chi connectivity index (χ4n) is 4.13. The van der Waals surface area contributed by atoms with Crippen LogP contribution in [0.5, 0.6) is 5.75 Å². The SMILES string of the molecule is CCCCCC1CCC(c2ccc(COc3cc(F)c(F)cc3F)cc2)CC1. The monoisotopic (exact) mass is 390 g/mol. The van der Waals surface area contributed by atoms with E-state index in [2.05, 4.69) is 19.1 Å². The highest BCUT2D eigenvalue weighted by Gasteiger charge is 2.22. The van der Waals surface area contributed by atoms with Gasteiger partial charge in [0.25, 0.3) is 0 Å². The minimum atomic E-state index is -1.21. The lowest BCUT2D eigenvalue weighted by atomic mass is 9.77. The van der Waals surface area contributed by atoms with Crippen LogP contribution in [0, 0.1) is 23.4 Å². The van der Waals surface area contributed by atoms with Gasteiger partial charge in [0.1, 0.15) is 6.61 Å². The van der Waals surface area contributed by atoms with Crippen LogP contribution in [0.25, 0.3) is 0 Å². The highest BCUT2D eigenvalue weighted by molar-refractivity contribution is 5.28. The normalized spacial score (nSPS) is 19.6. The molecule has 0 bridgehead atoms. The van der Waals surface area contributed by atoms with E-state index in [1.54, 1.807) is 0 Å². The highest BCUT2D eigenvalue weighted by Crippen LogP contribution is 2.37. The van der Waals surface area contributed by atoms with E-state index in [-0.39, 0.29) is 12.4 Å². The Hall–Kier alpha value is -1.97. The topological polar surface area (TPSA) is 9.23 Å². The van der Waals surface area contributed by atoms with Gasteiger partial charge >= 0.3 is 0 Å². The number of unbranched alkanes of at least 4 members (excludes halogenated alkanes) is 2. The summed E-state index contributed by atoms with van der Waals surface area (Å²) in [6.45, 7) is 2.37. The Labute approximate surface area is 165 Å². The van der Waals surface area contributed by atoms with Crippen LogP contribution in [0.1, 0.15) is 75.3 Å². The first-order valence-corrected chi connectivity index (χ1v) is 10.4. The van der Waals surface area contributed by atoms with Gasteiger partial charge in [-0.3, -0.25) is 0 Å². The Morgan fingerprint density at radius 1 is 0.857 bits per heavy atom. The molecule has 0 radical (unpaired) electrons. The number of hydrogen-bond donors (Lipinski definition) is 0. The highest BCUT2D eigenvalue weighted by atomic mass is 19.2.